The summed E-state index contributed by atoms with van der Waals surface area (Å²) >= 11 is 0. The average molecular weight is 329 g/mol. The normalized spacial score (nSPS) is 12.3. The molecule has 1 aromatic carbocycles. The zero-order valence-corrected chi connectivity index (χ0v) is 14.5. The molecule has 1 amide bonds. The smallest absolute Gasteiger partial charge is 0.237 e. The van der Waals surface area contributed by atoms with Crippen molar-refractivity contribution in [3.63, 3.8) is 0 Å². The summed E-state index contributed by atoms with van der Waals surface area (Å²) in [5, 5.41) is 2.87. The Bertz CT molecular complexity index is 625. The quantitative estimate of drug-likeness (QED) is 0.716. The maximum atomic E-state index is 12.0. The molecule has 6 heteroatoms. The van der Waals surface area contributed by atoms with Crippen molar-refractivity contribution >= 4 is 5.91 Å². The molecule has 0 saturated heterocycles. The van der Waals surface area contributed by atoms with E-state index in [1.165, 1.54) is 5.56 Å². The number of carbonyl (C=O) groups excluding carboxylic acids is 1. The van der Waals surface area contributed by atoms with Gasteiger partial charge in [0.2, 0.25) is 5.91 Å². The van der Waals surface area contributed by atoms with E-state index < -0.39 is 6.04 Å². The van der Waals surface area contributed by atoms with Crippen LogP contribution in [0.4, 0.5) is 0 Å². The van der Waals surface area contributed by atoms with Gasteiger partial charge in [0.05, 0.1) is 18.1 Å². The van der Waals surface area contributed by atoms with Crippen molar-refractivity contribution in [2.24, 2.45) is 5.73 Å². The molecule has 1 atom stereocenters. The first-order chi connectivity index (χ1) is 11.6. The predicted octanol–water partition coefficient (Wildman–Crippen LogP) is 0.869. The first-order valence-electron chi connectivity index (χ1n) is 8.35. The molecule has 24 heavy (non-hydrogen) atoms. The third-order valence-corrected chi connectivity index (χ3v) is 3.99. The second-order valence-corrected chi connectivity index (χ2v) is 6.02. The molecule has 0 saturated carbocycles. The van der Waals surface area contributed by atoms with E-state index in [1.807, 2.05) is 36.0 Å². The molecule has 0 radical (unpaired) electrons. The molecule has 2 aromatic rings. The minimum absolute atomic E-state index is 0.128. The number of benzene rings is 1. The van der Waals surface area contributed by atoms with E-state index in [2.05, 4.69) is 34.3 Å². The fourth-order valence-corrected chi connectivity index (χ4v) is 2.37. The van der Waals surface area contributed by atoms with Crippen molar-refractivity contribution in [2.75, 3.05) is 26.7 Å². The Balaban J connectivity index is 1.79. The lowest BCUT2D eigenvalue weighted by Gasteiger charge is -2.15. The molecular weight excluding hydrogens is 302 g/mol. The number of nitrogens with two attached hydrogens (primary N) is 1. The number of imidazole rings is 1. The molecule has 0 bridgehead atoms. The van der Waals surface area contributed by atoms with Gasteiger partial charge in [0.25, 0.3) is 0 Å². The van der Waals surface area contributed by atoms with E-state index in [0.29, 0.717) is 13.0 Å². The van der Waals surface area contributed by atoms with Crippen LogP contribution in [0.25, 0.3) is 0 Å². The van der Waals surface area contributed by atoms with Crippen LogP contribution in [0.5, 0.6) is 0 Å². The van der Waals surface area contributed by atoms with Crippen LogP contribution in [0.15, 0.2) is 42.9 Å². The van der Waals surface area contributed by atoms with Crippen LogP contribution in [-0.2, 0) is 17.8 Å². The maximum Gasteiger partial charge on any atom is 0.237 e. The molecule has 3 N–H and O–H groups in total. The summed E-state index contributed by atoms with van der Waals surface area (Å²) in [6, 6.07) is 9.61. The van der Waals surface area contributed by atoms with Gasteiger partial charge in [0.15, 0.2) is 0 Å². The molecular formula is C18H27N5O. The van der Waals surface area contributed by atoms with E-state index in [0.717, 1.165) is 25.3 Å². The minimum Gasteiger partial charge on any atom is -0.353 e. The number of rotatable bonds is 9. The fourth-order valence-electron chi connectivity index (χ4n) is 2.37. The molecule has 0 aliphatic rings. The van der Waals surface area contributed by atoms with Gasteiger partial charge in [-0.05, 0) is 19.2 Å². The highest BCUT2D eigenvalue weighted by molar-refractivity contribution is 5.81. The lowest BCUT2D eigenvalue weighted by atomic mass is 10.1. The molecule has 0 fully saturated rings. The number of hydrogen-bond donors (Lipinski definition) is 2. The number of carbonyl (C=O) groups is 1. The molecule has 6 nitrogen and oxygen atoms in total. The predicted molar refractivity (Wildman–Crippen MR) is 95.6 cm³/mol. The Hall–Kier alpha value is -2.18. The molecule has 0 aliphatic carbocycles. The standard InChI is InChI=1S/C18H27N5O/c1-3-22(2)10-9-20-18(24)17(19)11-16-13-23(14-21-16)12-15-7-5-4-6-8-15/h4-8,13-14,17H,3,9-12,19H2,1-2H3,(H,20,24)/t17-/m0/s1. The molecule has 130 valence electrons. The summed E-state index contributed by atoms with van der Waals surface area (Å²) in [6.45, 7) is 5.23. The van der Waals surface area contributed by atoms with Gasteiger partial charge >= 0.3 is 0 Å². The van der Waals surface area contributed by atoms with Crippen molar-refractivity contribution in [3.05, 3.63) is 54.1 Å². The highest BCUT2D eigenvalue weighted by Crippen LogP contribution is 2.05. The van der Waals surface area contributed by atoms with Gasteiger partial charge in [-0.15, -0.1) is 0 Å². The van der Waals surface area contributed by atoms with Crippen LogP contribution >= 0.6 is 0 Å². The molecule has 0 aliphatic heterocycles. The van der Waals surface area contributed by atoms with Gasteiger partial charge in [-0.1, -0.05) is 37.3 Å². The largest absolute Gasteiger partial charge is 0.353 e. The van der Waals surface area contributed by atoms with Gasteiger partial charge in [-0.25, -0.2) is 4.98 Å². The highest BCUT2D eigenvalue weighted by atomic mass is 16.2. The van der Waals surface area contributed by atoms with Crippen molar-refractivity contribution in [1.82, 2.24) is 19.8 Å². The van der Waals surface area contributed by atoms with Crippen LogP contribution in [0.1, 0.15) is 18.2 Å². The number of likely N-dealkylation sites (N-methyl/N-ethyl adjacent to an activating group) is 1. The molecule has 1 aromatic heterocycles. The topological polar surface area (TPSA) is 76.2 Å². The molecule has 2 rings (SSSR count). The van der Waals surface area contributed by atoms with Gasteiger partial charge in [0.1, 0.15) is 0 Å². The minimum atomic E-state index is -0.572. The van der Waals surface area contributed by atoms with E-state index >= 15 is 0 Å². The van der Waals surface area contributed by atoms with Crippen molar-refractivity contribution in [1.29, 1.82) is 0 Å². The first kappa shape index (κ1) is 18.2. The summed E-state index contributed by atoms with van der Waals surface area (Å²) in [6.07, 6.45) is 4.17. The molecule has 0 spiro atoms. The van der Waals surface area contributed by atoms with Crippen molar-refractivity contribution in [2.45, 2.75) is 25.9 Å². The molecule has 1 heterocycles. The van der Waals surface area contributed by atoms with Gasteiger partial charge < -0.3 is 20.5 Å². The Morgan fingerprint density at radius 1 is 1.38 bits per heavy atom. The Morgan fingerprint density at radius 3 is 2.83 bits per heavy atom. The summed E-state index contributed by atoms with van der Waals surface area (Å²) in [5.41, 5.74) is 8.03. The lowest BCUT2D eigenvalue weighted by molar-refractivity contribution is -0.122. The zero-order chi connectivity index (χ0) is 17.4. The summed E-state index contributed by atoms with van der Waals surface area (Å²) in [7, 11) is 2.02. The van der Waals surface area contributed by atoms with Gasteiger partial charge in [-0.3, -0.25) is 4.79 Å². The van der Waals surface area contributed by atoms with Crippen LogP contribution < -0.4 is 11.1 Å². The second-order valence-electron chi connectivity index (χ2n) is 6.02. The number of aromatic nitrogens is 2. The first-order valence-corrected chi connectivity index (χ1v) is 8.35. The van der Waals surface area contributed by atoms with Gasteiger partial charge in [0, 0.05) is 32.3 Å². The van der Waals surface area contributed by atoms with Crippen LogP contribution in [0, 0.1) is 0 Å². The van der Waals surface area contributed by atoms with Gasteiger partial charge in [-0.2, -0.15) is 0 Å². The third-order valence-electron chi connectivity index (χ3n) is 3.99. The van der Waals surface area contributed by atoms with E-state index in [1.54, 1.807) is 6.33 Å². The van der Waals surface area contributed by atoms with E-state index in [4.69, 9.17) is 5.73 Å². The maximum absolute atomic E-state index is 12.0. The fraction of sp³-hybridized carbons (Fsp3) is 0.444. The zero-order valence-electron chi connectivity index (χ0n) is 14.5. The second kappa shape index (κ2) is 9.20. The Morgan fingerprint density at radius 2 is 2.12 bits per heavy atom. The summed E-state index contributed by atoms with van der Waals surface area (Å²) in [4.78, 5) is 18.5. The number of hydrogen-bond acceptors (Lipinski definition) is 4. The Kier molecular flexibility index (Phi) is 6.96. The van der Waals surface area contributed by atoms with Crippen LogP contribution in [-0.4, -0.2) is 53.1 Å². The number of nitrogens with zero attached hydrogens (tertiary/aromatic N) is 3. The number of nitrogens with one attached hydrogen (secondary N) is 1. The van der Waals surface area contributed by atoms with E-state index in [-0.39, 0.29) is 5.91 Å². The van der Waals surface area contributed by atoms with Crippen molar-refractivity contribution in [3.8, 4) is 0 Å². The Labute approximate surface area is 143 Å². The SMILES string of the molecule is CCN(C)CCNC(=O)[C@@H](N)Cc1cn(Cc2ccccc2)cn1. The average Bonchev–Trinajstić information content (AvgIpc) is 3.02. The van der Waals surface area contributed by atoms with Crippen molar-refractivity contribution < 1.29 is 4.79 Å². The molecule has 0 unspecified atom stereocenters. The van der Waals surface area contributed by atoms with Crippen LogP contribution in [0.2, 0.25) is 0 Å². The highest BCUT2D eigenvalue weighted by Gasteiger charge is 2.15. The monoisotopic (exact) mass is 329 g/mol. The lowest BCUT2D eigenvalue weighted by Crippen LogP contribution is -2.44. The van der Waals surface area contributed by atoms with E-state index in [9.17, 15) is 4.79 Å². The summed E-state index contributed by atoms with van der Waals surface area (Å²) < 4.78 is 2.01. The third kappa shape index (κ3) is 5.79. The summed E-state index contributed by atoms with van der Waals surface area (Å²) in [5.74, 6) is -0.128. The van der Waals surface area contributed by atoms with Crippen LogP contribution in [0.3, 0.4) is 0 Å². The number of amides is 1.